The maximum absolute atomic E-state index is 5.59. The Hall–Kier alpha value is -1.95. The van der Waals surface area contributed by atoms with Crippen LogP contribution in [0, 0.1) is 0 Å². The predicted molar refractivity (Wildman–Crippen MR) is 72.1 cm³/mol. The maximum atomic E-state index is 5.59. The fraction of sp³-hybridized carbons (Fsp3) is 0.462. The van der Waals surface area contributed by atoms with Gasteiger partial charge in [0.2, 0.25) is 5.88 Å². The Morgan fingerprint density at radius 1 is 1.26 bits per heavy atom. The van der Waals surface area contributed by atoms with Crippen LogP contribution in [0.5, 0.6) is 11.6 Å². The molecular weight excluding hydrogens is 242 g/mol. The second-order valence-electron chi connectivity index (χ2n) is 4.48. The summed E-state index contributed by atoms with van der Waals surface area (Å²) in [6.45, 7) is 7.80. The SMILES string of the molecule is CCNCc1cnc(Oc2cnn(C(C)C)c2)cn1. The molecule has 1 N–H and O–H groups in total. The largest absolute Gasteiger partial charge is 0.434 e. The molecule has 0 unspecified atom stereocenters. The first-order valence-electron chi connectivity index (χ1n) is 6.42. The molecule has 0 atom stereocenters. The van der Waals surface area contributed by atoms with Gasteiger partial charge in [0.15, 0.2) is 5.75 Å². The van der Waals surface area contributed by atoms with Gasteiger partial charge in [0.1, 0.15) is 0 Å². The van der Waals surface area contributed by atoms with Crippen LogP contribution >= 0.6 is 0 Å². The molecule has 2 aromatic rings. The van der Waals surface area contributed by atoms with Gasteiger partial charge in [-0.15, -0.1) is 0 Å². The molecule has 0 fully saturated rings. The van der Waals surface area contributed by atoms with Crippen molar-refractivity contribution < 1.29 is 4.74 Å². The Labute approximate surface area is 112 Å². The summed E-state index contributed by atoms with van der Waals surface area (Å²) in [7, 11) is 0. The maximum Gasteiger partial charge on any atom is 0.238 e. The molecule has 6 nitrogen and oxygen atoms in total. The molecule has 2 heterocycles. The average Bonchev–Trinajstić information content (AvgIpc) is 2.87. The normalized spacial score (nSPS) is 10.9. The van der Waals surface area contributed by atoms with Crippen molar-refractivity contribution in [1.29, 1.82) is 0 Å². The minimum Gasteiger partial charge on any atom is -0.434 e. The van der Waals surface area contributed by atoms with E-state index in [0.717, 1.165) is 18.8 Å². The fourth-order valence-electron chi connectivity index (χ4n) is 1.52. The lowest BCUT2D eigenvalue weighted by molar-refractivity contribution is 0.455. The summed E-state index contributed by atoms with van der Waals surface area (Å²) in [4.78, 5) is 8.50. The number of nitrogens with zero attached hydrogens (tertiary/aromatic N) is 4. The average molecular weight is 261 g/mol. The van der Waals surface area contributed by atoms with E-state index in [1.165, 1.54) is 0 Å². The molecule has 102 valence electrons. The Kier molecular flexibility index (Phi) is 4.46. The Morgan fingerprint density at radius 2 is 2.11 bits per heavy atom. The zero-order valence-corrected chi connectivity index (χ0v) is 11.5. The summed E-state index contributed by atoms with van der Waals surface area (Å²) >= 11 is 0. The molecule has 0 aliphatic rings. The minimum atomic E-state index is 0.311. The lowest BCUT2D eigenvalue weighted by Gasteiger charge is -2.04. The molecule has 0 radical (unpaired) electrons. The van der Waals surface area contributed by atoms with Gasteiger partial charge < -0.3 is 10.1 Å². The van der Waals surface area contributed by atoms with Crippen LogP contribution in [-0.2, 0) is 6.54 Å². The van der Waals surface area contributed by atoms with E-state index in [2.05, 4.69) is 41.2 Å². The van der Waals surface area contributed by atoms with Gasteiger partial charge in [0.05, 0.1) is 30.5 Å². The highest BCUT2D eigenvalue weighted by Crippen LogP contribution is 2.18. The summed E-state index contributed by atoms with van der Waals surface area (Å²) in [5.41, 5.74) is 0.895. The smallest absolute Gasteiger partial charge is 0.238 e. The first-order valence-corrected chi connectivity index (χ1v) is 6.42. The highest BCUT2D eigenvalue weighted by atomic mass is 16.5. The van der Waals surface area contributed by atoms with E-state index in [1.807, 2.05) is 10.9 Å². The van der Waals surface area contributed by atoms with E-state index in [-0.39, 0.29) is 0 Å². The summed E-state index contributed by atoms with van der Waals surface area (Å²) in [5.74, 6) is 1.14. The third-order valence-corrected chi connectivity index (χ3v) is 2.57. The number of hydrogen-bond acceptors (Lipinski definition) is 5. The Bertz CT molecular complexity index is 506. The molecule has 0 aliphatic heterocycles. The summed E-state index contributed by atoms with van der Waals surface area (Å²) in [6.07, 6.45) is 6.86. The first-order chi connectivity index (χ1) is 9.19. The van der Waals surface area contributed by atoms with Gasteiger partial charge in [0.25, 0.3) is 0 Å². The minimum absolute atomic E-state index is 0.311. The molecule has 0 amide bonds. The lowest BCUT2D eigenvalue weighted by Crippen LogP contribution is -2.13. The first kappa shape index (κ1) is 13.5. The second kappa shape index (κ2) is 6.29. The third kappa shape index (κ3) is 3.75. The van der Waals surface area contributed by atoms with E-state index in [1.54, 1.807) is 18.6 Å². The highest BCUT2D eigenvalue weighted by molar-refractivity contribution is 5.20. The van der Waals surface area contributed by atoms with E-state index in [0.29, 0.717) is 17.7 Å². The monoisotopic (exact) mass is 261 g/mol. The molecule has 0 saturated carbocycles. The Morgan fingerprint density at radius 3 is 2.68 bits per heavy atom. The van der Waals surface area contributed by atoms with Crippen LogP contribution in [0.3, 0.4) is 0 Å². The molecule has 0 spiro atoms. The molecule has 6 heteroatoms. The van der Waals surface area contributed by atoms with Gasteiger partial charge in [0, 0.05) is 12.6 Å². The fourth-order valence-corrected chi connectivity index (χ4v) is 1.52. The van der Waals surface area contributed by atoms with Crippen molar-refractivity contribution in [3.05, 3.63) is 30.5 Å². The number of ether oxygens (including phenoxy) is 1. The van der Waals surface area contributed by atoms with E-state index < -0.39 is 0 Å². The second-order valence-corrected chi connectivity index (χ2v) is 4.48. The number of aromatic nitrogens is 4. The molecule has 2 rings (SSSR count). The van der Waals surface area contributed by atoms with Crippen molar-refractivity contribution in [2.24, 2.45) is 0 Å². The van der Waals surface area contributed by atoms with Crippen molar-refractivity contribution in [2.45, 2.75) is 33.4 Å². The van der Waals surface area contributed by atoms with Crippen molar-refractivity contribution in [3.63, 3.8) is 0 Å². The van der Waals surface area contributed by atoms with Crippen LogP contribution in [0.15, 0.2) is 24.8 Å². The summed E-state index contributed by atoms with van der Waals surface area (Å²) in [6, 6.07) is 0.311. The zero-order chi connectivity index (χ0) is 13.7. The zero-order valence-electron chi connectivity index (χ0n) is 11.5. The van der Waals surface area contributed by atoms with Crippen LogP contribution in [-0.4, -0.2) is 26.3 Å². The van der Waals surface area contributed by atoms with Gasteiger partial charge in [-0.3, -0.25) is 9.67 Å². The third-order valence-electron chi connectivity index (χ3n) is 2.57. The van der Waals surface area contributed by atoms with Crippen LogP contribution < -0.4 is 10.1 Å². The van der Waals surface area contributed by atoms with Gasteiger partial charge in [-0.2, -0.15) is 5.10 Å². The summed E-state index contributed by atoms with van der Waals surface area (Å²) < 4.78 is 7.43. The van der Waals surface area contributed by atoms with Crippen molar-refractivity contribution >= 4 is 0 Å². The number of rotatable bonds is 6. The topological polar surface area (TPSA) is 64.9 Å². The Balaban J connectivity index is 1.98. The molecule has 0 aliphatic carbocycles. The van der Waals surface area contributed by atoms with E-state index >= 15 is 0 Å². The van der Waals surface area contributed by atoms with Gasteiger partial charge in [-0.1, -0.05) is 6.92 Å². The van der Waals surface area contributed by atoms with Crippen LogP contribution in [0.4, 0.5) is 0 Å². The molecular formula is C13H19N5O. The van der Waals surface area contributed by atoms with Gasteiger partial charge >= 0.3 is 0 Å². The van der Waals surface area contributed by atoms with Crippen LogP contribution in [0.1, 0.15) is 32.5 Å². The molecule has 0 bridgehead atoms. The predicted octanol–water partition coefficient (Wildman–Crippen LogP) is 2.16. The summed E-state index contributed by atoms with van der Waals surface area (Å²) in [5, 5.41) is 7.40. The highest BCUT2D eigenvalue weighted by Gasteiger charge is 2.05. The van der Waals surface area contributed by atoms with Gasteiger partial charge in [-0.05, 0) is 20.4 Å². The molecule has 19 heavy (non-hydrogen) atoms. The van der Waals surface area contributed by atoms with E-state index in [9.17, 15) is 0 Å². The van der Waals surface area contributed by atoms with Crippen molar-refractivity contribution in [3.8, 4) is 11.6 Å². The standard InChI is InChI=1S/C13H19N5O/c1-4-14-5-11-6-16-13(8-15-11)19-12-7-17-18(9-12)10(2)3/h6-10,14H,4-5H2,1-3H3. The van der Waals surface area contributed by atoms with Crippen molar-refractivity contribution in [1.82, 2.24) is 25.1 Å². The van der Waals surface area contributed by atoms with Crippen LogP contribution in [0.2, 0.25) is 0 Å². The number of hydrogen-bond donors (Lipinski definition) is 1. The van der Waals surface area contributed by atoms with Crippen LogP contribution in [0.25, 0.3) is 0 Å². The van der Waals surface area contributed by atoms with Crippen molar-refractivity contribution in [2.75, 3.05) is 6.54 Å². The number of nitrogens with one attached hydrogen (secondary N) is 1. The molecule has 2 aromatic heterocycles. The lowest BCUT2D eigenvalue weighted by atomic mass is 10.4. The van der Waals surface area contributed by atoms with E-state index in [4.69, 9.17) is 4.74 Å². The van der Waals surface area contributed by atoms with Gasteiger partial charge in [-0.25, -0.2) is 4.98 Å². The quantitative estimate of drug-likeness (QED) is 0.863. The molecule has 0 aromatic carbocycles. The molecule has 0 saturated heterocycles.